The first-order valence-corrected chi connectivity index (χ1v) is 15.7. The van der Waals surface area contributed by atoms with E-state index in [2.05, 4.69) is 44.4 Å². The quantitative estimate of drug-likeness (QED) is 0.0621. The minimum atomic E-state index is -0.925. The largest absolute Gasteiger partial charge is 0.385 e. The number of carbonyl (C=O) groups is 1. The van der Waals surface area contributed by atoms with E-state index in [-0.39, 0.29) is 29.4 Å². The zero-order chi connectivity index (χ0) is 31.6. The lowest BCUT2D eigenvalue weighted by molar-refractivity contribution is -0.140. The number of nitrogens with two attached hydrogens (primary N) is 1. The number of rotatable bonds is 7. The van der Waals surface area contributed by atoms with Crippen LogP contribution in [-0.4, -0.2) is 38.0 Å². The van der Waals surface area contributed by atoms with Crippen LogP contribution in [-0.2, 0) is 26.7 Å². The standard InChI is InChI=1S/C17H17ClN2O3.C17H15ClN2O2/c18-10-15(21)23-20-16(19)13-8-17(22,9-13)14-6-5-11-3-1-2-4-12(11)7-14;18-10-15-19-16(20-22-15)13-8-17(21,9-13)14-6-5-11-3-1-2-4-12(11)7-14/h1-7,13,22H,8-10H2,(H2,19,20);1-7,13,21H,8-10H2. The number of amidine groups is 1. The van der Waals surface area contributed by atoms with Crippen LogP contribution in [0.1, 0.15) is 54.4 Å². The summed E-state index contributed by atoms with van der Waals surface area (Å²) in [4.78, 5) is 19.7. The zero-order valence-electron chi connectivity index (χ0n) is 24.3. The summed E-state index contributed by atoms with van der Waals surface area (Å²) in [5.41, 5.74) is 5.86. The molecule has 1 heterocycles. The average Bonchev–Trinajstić information content (AvgIpc) is 3.53. The number of carbonyl (C=O) groups excluding carboxylic acids is 1. The van der Waals surface area contributed by atoms with E-state index in [9.17, 15) is 15.0 Å². The highest BCUT2D eigenvalue weighted by Gasteiger charge is 2.47. The number of nitrogens with zero attached hydrogens (tertiary/aromatic N) is 3. The number of oxime groups is 1. The number of halogens is 2. The van der Waals surface area contributed by atoms with Crippen molar-refractivity contribution in [1.82, 2.24) is 10.1 Å². The first kappa shape index (κ1) is 31.0. The molecule has 0 atom stereocenters. The van der Waals surface area contributed by atoms with Crippen molar-refractivity contribution in [1.29, 1.82) is 0 Å². The van der Waals surface area contributed by atoms with Gasteiger partial charge in [-0.25, -0.2) is 4.79 Å². The van der Waals surface area contributed by atoms with Crippen LogP contribution in [0.3, 0.4) is 0 Å². The third-order valence-corrected chi connectivity index (χ3v) is 9.10. The van der Waals surface area contributed by atoms with Crippen molar-refractivity contribution in [2.24, 2.45) is 16.8 Å². The fraction of sp³-hybridized carbons (Fsp3) is 0.294. The van der Waals surface area contributed by atoms with Gasteiger partial charge in [0.05, 0.1) is 11.2 Å². The number of aromatic nitrogens is 2. The Bertz CT molecular complexity index is 1860. The molecular formula is C34H32Cl2N4O5. The van der Waals surface area contributed by atoms with Crippen LogP contribution in [0, 0.1) is 5.92 Å². The smallest absolute Gasteiger partial charge is 0.349 e. The Labute approximate surface area is 269 Å². The summed E-state index contributed by atoms with van der Waals surface area (Å²) in [5.74, 6) is 0.565. The van der Waals surface area contributed by atoms with Gasteiger partial charge in [0.2, 0.25) is 5.89 Å². The first-order chi connectivity index (χ1) is 21.7. The molecule has 45 heavy (non-hydrogen) atoms. The number of hydrogen-bond donors (Lipinski definition) is 3. The maximum Gasteiger partial charge on any atom is 0.349 e. The molecule has 2 fully saturated rings. The third kappa shape index (κ3) is 6.53. The second-order valence-corrected chi connectivity index (χ2v) is 12.2. The van der Waals surface area contributed by atoms with E-state index in [1.807, 2.05) is 60.7 Å². The molecule has 7 rings (SSSR count). The van der Waals surface area contributed by atoms with Crippen molar-refractivity contribution in [3.05, 3.63) is 108 Å². The van der Waals surface area contributed by atoms with Crippen LogP contribution in [0.2, 0.25) is 0 Å². The topological polar surface area (TPSA) is 144 Å². The lowest BCUT2D eigenvalue weighted by Gasteiger charge is -2.43. The minimum absolute atomic E-state index is 0.116. The molecule has 2 aliphatic carbocycles. The van der Waals surface area contributed by atoms with Crippen molar-refractivity contribution in [3.8, 4) is 0 Å². The fourth-order valence-corrected chi connectivity index (χ4v) is 6.18. The SMILES string of the molecule is N/C(=N/OC(=O)CCl)C1CC(O)(c2ccc3ccccc3c2)C1.OC1(c2ccc3ccccc3c2)CC(c2noc(CCl)n2)C1. The molecule has 4 N–H and O–H groups in total. The van der Waals surface area contributed by atoms with Crippen LogP contribution in [0.4, 0.5) is 0 Å². The highest BCUT2D eigenvalue weighted by atomic mass is 35.5. The molecule has 0 saturated heterocycles. The molecule has 2 aliphatic rings. The lowest BCUT2D eigenvalue weighted by Crippen LogP contribution is -2.47. The lowest BCUT2D eigenvalue weighted by atomic mass is 9.67. The molecule has 9 nitrogen and oxygen atoms in total. The summed E-state index contributed by atoms with van der Waals surface area (Å²) in [7, 11) is 0. The van der Waals surface area contributed by atoms with Gasteiger partial charge in [-0.15, -0.1) is 23.2 Å². The number of hydrogen-bond acceptors (Lipinski definition) is 8. The summed E-state index contributed by atoms with van der Waals surface area (Å²) in [6.45, 7) is 0. The van der Waals surface area contributed by atoms with Gasteiger partial charge in [0.15, 0.2) is 5.82 Å². The summed E-state index contributed by atoms with van der Waals surface area (Å²) in [6, 6.07) is 28.2. The zero-order valence-corrected chi connectivity index (χ0v) is 25.8. The number of benzene rings is 4. The van der Waals surface area contributed by atoms with E-state index in [0.717, 1.165) is 27.3 Å². The van der Waals surface area contributed by atoms with E-state index in [4.69, 9.17) is 33.5 Å². The Morgan fingerprint density at radius 3 is 1.91 bits per heavy atom. The Hall–Kier alpha value is -4.02. The first-order valence-electron chi connectivity index (χ1n) is 14.6. The fourth-order valence-electron chi connectivity index (χ4n) is 6.02. The van der Waals surface area contributed by atoms with Gasteiger partial charge in [-0.3, -0.25) is 0 Å². The summed E-state index contributed by atoms with van der Waals surface area (Å²) < 4.78 is 5.03. The summed E-state index contributed by atoms with van der Waals surface area (Å²) in [5, 5.41) is 33.6. The molecule has 5 aromatic rings. The van der Waals surface area contributed by atoms with Crippen molar-refractivity contribution in [2.75, 3.05) is 5.88 Å². The molecule has 0 aliphatic heterocycles. The minimum Gasteiger partial charge on any atom is -0.385 e. The van der Waals surface area contributed by atoms with E-state index in [1.165, 1.54) is 5.39 Å². The molecule has 0 radical (unpaired) electrons. The highest BCUT2D eigenvalue weighted by Crippen LogP contribution is 2.50. The predicted molar refractivity (Wildman–Crippen MR) is 173 cm³/mol. The summed E-state index contributed by atoms with van der Waals surface area (Å²) in [6.07, 6.45) is 2.09. The molecule has 2 saturated carbocycles. The maximum atomic E-state index is 11.0. The van der Waals surface area contributed by atoms with E-state index >= 15 is 0 Å². The Kier molecular flexibility index (Phi) is 8.79. The number of fused-ring (bicyclic) bond motifs is 2. The summed E-state index contributed by atoms with van der Waals surface area (Å²) >= 11 is 11.0. The second kappa shape index (κ2) is 12.8. The average molecular weight is 648 g/mol. The van der Waals surface area contributed by atoms with Crippen molar-refractivity contribution >= 4 is 56.6 Å². The number of alkyl halides is 2. The van der Waals surface area contributed by atoms with Crippen molar-refractivity contribution in [3.63, 3.8) is 0 Å². The second-order valence-electron chi connectivity index (χ2n) is 11.7. The van der Waals surface area contributed by atoms with Crippen molar-refractivity contribution in [2.45, 2.75) is 48.7 Å². The van der Waals surface area contributed by atoms with E-state index in [1.54, 1.807) is 0 Å². The van der Waals surface area contributed by atoms with Gasteiger partial charge in [-0.2, -0.15) is 4.98 Å². The van der Waals surface area contributed by atoms with Crippen LogP contribution in [0.5, 0.6) is 0 Å². The molecular weight excluding hydrogens is 615 g/mol. The molecule has 0 amide bonds. The van der Waals surface area contributed by atoms with E-state index in [0.29, 0.717) is 37.4 Å². The molecule has 11 heteroatoms. The molecule has 0 unspecified atom stereocenters. The van der Waals surface area contributed by atoms with Crippen molar-refractivity contribution < 1.29 is 24.4 Å². The molecule has 232 valence electrons. The van der Waals surface area contributed by atoms with Gasteiger partial charge in [0.25, 0.3) is 0 Å². The Balaban J connectivity index is 0.000000159. The predicted octanol–water partition coefficient (Wildman–Crippen LogP) is 6.22. The third-order valence-electron chi connectivity index (χ3n) is 8.65. The van der Waals surface area contributed by atoms with Crippen LogP contribution < -0.4 is 5.73 Å². The molecule has 0 bridgehead atoms. The normalized spacial score (nSPS) is 24.3. The van der Waals surface area contributed by atoms with Gasteiger partial charge in [0.1, 0.15) is 17.6 Å². The van der Waals surface area contributed by atoms with Crippen LogP contribution in [0.25, 0.3) is 21.5 Å². The van der Waals surface area contributed by atoms with Gasteiger partial charge >= 0.3 is 5.97 Å². The van der Waals surface area contributed by atoms with Crippen LogP contribution >= 0.6 is 23.2 Å². The maximum absolute atomic E-state index is 11.0. The van der Waals surface area contributed by atoms with Gasteiger partial charge in [-0.05, 0) is 70.5 Å². The van der Waals surface area contributed by atoms with Crippen LogP contribution in [0.15, 0.2) is 94.6 Å². The van der Waals surface area contributed by atoms with Gasteiger partial charge < -0.3 is 25.3 Å². The van der Waals surface area contributed by atoms with E-state index < -0.39 is 17.2 Å². The monoisotopic (exact) mass is 646 g/mol. The van der Waals surface area contributed by atoms with Gasteiger partial charge in [0, 0.05) is 11.8 Å². The Morgan fingerprint density at radius 2 is 1.40 bits per heavy atom. The molecule has 0 spiro atoms. The Morgan fingerprint density at radius 1 is 0.867 bits per heavy atom. The van der Waals surface area contributed by atoms with Gasteiger partial charge in [-0.1, -0.05) is 83.1 Å². The molecule has 1 aromatic heterocycles. The highest BCUT2D eigenvalue weighted by molar-refractivity contribution is 6.26. The number of aliphatic hydroxyl groups is 2. The molecule has 4 aromatic carbocycles.